The fraction of sp³-hybridized carbons (Fsp3) is 0.533. The van der Waals surface area contributed by atoms with E-state index < -0.39 is 0 Å². The highest BCUT2D eigenvalue weighted by Gasteiger charge is 2.14. The van der Waals surface area contributed by atoms with Crippen molar-refractivity contribution in [2.24, 2.45) is 0 Å². The van der Waals surface area contributed by atoms with Crippen LogP contribution in [0.2, 0.25) is 0 Å². The fourth-order valence-corrected chi connectivity index (χ4v) is 2.17. The zero-order valence-corrected chi connectivity index (χ0v) is 11.4. The van der Waals surface area contributed by atoms with E-state index in [1.54, 1.807) is 0 Å². The van der Waals surface area contributed by atoms with Gasteiger partial charge >= 0.3 is 0 Å². The number of hydroxylamine groups is 1. The molecule has 1 amide bonds. The minimum atomic E-state index is -0.354. The Morgan fingerprint density at radius 3 is 2.72 bits per heavy atom. The van der Waals surface area contributed by atoms with Gasteiger partial charge in [-0.05, 0) is 56.7 Å². The molecule has 1 N–H and O–H groups in total. The summed E-state index contributed by atoms with van der Waals surface area (Å²) in [7, 11) is 0. The molecule has 18 heavy (non-hydrogen) atoms. The Morgan fingerprint density at radius 2 is 2.00 bits per heavy atom. The number of nitrogens with one attached hydrogen (secondary N) is 1. The SMILES string of the molecule is CC(C)(C)ONC(=O)Cc1ccc2c(c1)CCC2. The molecule has 1 aliphatic rings. The molecule has 0 aromatic heterocycles. The molecule has 1 aromatic rings. The van der Waals surface area contributed by atoms with Crippen LogP contribution in [-0.2, 0) is 28.9 Å². The van der Waals surface area contributed by atoms with Gasteiger partial charge in [0.25, 0.3) is 0 Å². The van der Waals surface area contributed by atoms with Crippen molar-refractivity contribution in [3.05, 3.63) is 34.9 Å². The minimum absolute atomic E-state index is 0.0946. The van der Waals surface area contributed by atoms with Crippen molar-refractivity contribution >= 4 is 5.91 Å². The number of hydrogen-bond donors (Lipinski definition) is 1. The summed E-state index contributed by atoms with van der Waals surface area (Å²) < 4.78 is 0. The second-order valence-corrected chi connectivity index (χ2v) is 5.87. The summed E-state index contributed by atoms with van der Waals surface area (Å²) >= 11 is 0. The maximum Gasteiger partial charge on any atom is 0.247 e. The van der Waals surface area contributed by atoms with E-state index in [0.29, 0.717) is 6.42 Å². The van der Waals surface area contributed by atoms with Gasteiger partial charge in [0.1, 0.15) is 0 Å². The molecular formula is C15H21NO2. The summed E-state index contributed by atoms with van der Waals surface area (Å²) in [5.74, 6) is -0.0946. The van der Waals surface area contributed by atoms with E-state index >= 15 is 0 Å². The van der Waals surface area contributed by atoms with E-state index in [4.69, 9.17) is 4.84 Å². The summed E-state index contributed by atoms with van der Waals surface area (Å²) in [4.78, 5) is 17.0. The van der Waals surface area contributed by atoms with Crippen LogP contribution in [0.25, 0.3) is 0 Å². The third kappa shape index (κ3) is 3.57. The zero-order valence-electron chi connectivity index (χ0n) is 11.4. The number of fused-ring (bicyclic) bond motifs is 1. The first-order valence-electron chi connectivity index (χ1n) is 6.51. The van der Waals surface area contributed by atoms with Crippen molar-refractivity contribution in [1.82, 2.24) is 5.48 Å². The molecule has 98 valence electrons. The Labute approximate surface area is 108 Å². The van der Waals surface area contributed by atoms with Crippen molar-refractivity contribution in [3.63, 3.8) is 0 Å². The van der Waals surface area contributed by atoms with Gasteiger partial charge in [0.05, 0.1) is 12.0 Å². The maximum absolute atomic E-state index is 11.7. The molecule has 0 aliphatic heterocycles. The van der Waals surface area contributed by atoms with Crippen molar-refractivity contribution in [1.29, 1.82) is 0 Å². The van der Waals surface area contributed by atoms with E-state index in [1.165, 1.54) is 24.0 Å². The first-order valence-corrected chi connectivity index (χ1v) is 6.51. The highest BCUT2D eigenvalue weighted by atomic mass is 16.7. The average molecular weight is 247 g/mol. The molecule has 1 aliphatic carbocycles. The van der Waals surface area contributed by atoms with Gasteiger partial charge in [0.15, 0.2) is 0 Å². The normalized spacial score (nSPS) is 14.4. The summed E-state index contributed by atoms with van der Waals surface area (Å²) in [5, 5.41) is 0. The van der Waals surface area contributed by atoms with E-state index in [9.17, 15) is 4.79 Å². The first-order chi connectivity index (χ1) is 8.44. The number of carbonyl (C=O) groups is 1. The van der Waals surface area contributed by atoms with E-state index in [1.807, 2.05) is 26.8 Å². The van der Waals surface area contributed by atoms with E-state index in [-0.39, 0.29) is 11.5 Å². The Hall–Kier alpha value is -1.35. The van der Waals surface area contributed by atoms with Gasteiger partial charge in [0.2, 0.25) is 5.91 Å². The molecule has 0 saturated carbocycles. The molecule has 0 fully saturated rings. The van der Waals surface area contributed by atoms with Crippen molar-refractivity contribution in [2.45, 2.75) is 52.1 Å². The van der Waals surface area contributed by atoms with Gasteiger partial charge in [-0.25, -0.2) is 5.48 Å². The van der Waals surface area contributed by atoms with E-state index in [0.717, 1.165) is 12.0 Å². The number of rotatable bonds is 3. The number of amides is 1. The molecule has 0 atom stereocenters. The Bertz CT molecular complexity index is 446. The summed E-state index contributed by atoms with van der Waals surface area (Å²) in [6.07, 6.45) is 3.93. The predicted octanol–water partition coefficient (Wildman–Crippen LogP) is 2.56. The molecule has 0 unspecified atom stereocenters. The average Bonchev–Trinajstić information content (AvgIpc) is 2.72. The lowest BCUT2D eigenvalue weighted by atomic mass is 10.0. The lowest BCUT2D eigenvalue weighted by Crippen LogP contribution is -2.34. The molecule has 0 bridgehead atoms. The molecule has 2 rings (SSSR count). The second kappa shape index (κ2) is 5.11. The van der Waals surface area contributed by atoms with Gasteiger partial charge in [-0.15, -0.1) is 0 Å². The van der Waals surface area contributed by atoms with Crippen LogP contribution in [0.1, 0.15) is 43.9 Å². The first kappa shape index (κ1) is 13.1. The summed E-state index contributed by atoms with van der Waals surface area (Å²) in [6, 6.07) is 6.34. The summed E-state index contributed by atoms with van der Waals surface area (Å²) in [6.45, 7) is 5.72. The topological polar surface area (TPSA) is 38.3 Å². The maximum atomic E-state index is 11.7. The van der Waals surface area contributed by atoms with Crippen LogP contribution < -0.4 is 5.48 Å². The lowest BCUT2D eigenvalue weighted by Gasteiger charge is -2.19. The minimum Gasteiger partial charge on any atom is -0.272 e. The molecule has 3 heteroatoms. The monoisotopic (exact) mass is 247 g/mol. The molecule has 0 saturated heterocycles. The van der Waals surface area contributed by atoms with Crippen molar-refractivity contribution < 1.29 is 9.63 Å². The van der Waals surface area contributed by atoms with Crippen LogP contribution in [-0.4, -0.2) is 11.5 Å². The van der Waals surface area contributed by atoms with Crippen LogP contribution in [0.3, 0.4) is 0 Å². The van der Waals surface area contributed by atoms with Gasteiger partial charge in [-0.2, -0.15) is 0 Å². The smallest absolute Gasteiger partial charge is 0.247 e. The molecule has 0 spiro atoms. The quantitative estimate of drug-likeness (QED) is 0.834. The third-order valence-corrected chi connectivity index (χ3v) is 3.00. The van der Waals surface area contributed by atoms with Gasteiger partial charge in [0, 0.05) is 0 Å². The largest absolute Gasteiger partial charge is 0.272 e. The standard InChI is InChI=1S/C15H21NO2/c1-15(2,3)18-16-14(17)10-11-7-8-12-5-4-6-13(12)9-11/h7-9H,4-6,10H2,1-3H3,(H,16,17). The molecule has 0 radical (unpaired) electrons. The predicted molar refractivity (Wildman–Crippen MR) is 71.2 cm³/mol. The van der Waals surface area contributed by atoms with Gasteiger partial charge < -0.3 is 0 Å². The lowest BCUT2D eigenvalue weighted by molar-refractivity contribution is -0.144. The fourth-order valence-electron chi connectivity index (χ4n) is 2.17. The number of hydrogen-bond acceptors (Lipinski definition) is 2. The number of aryl methyl sites for hydroxylation is 2. The second-order valence-electron chi connectivity index (χ2n) is 5.87. The van der Waals surface area contributed by atoms with Crippen LogP contribution in [0.15, 0.2) is 18.2 Å². The number of benzene rings is 1. The van der Waals surface area contributed by atoms with Crippen LogP contribution in [0.5, 0.6) is 0 Å². The Kier molecular flexibility index (Phi) is 3.71. The highest BCUT2D eigenvalue weighted by molar-refractivity contribution is 5.77. The molecule has 0 heterocycles. The van der Waals surface area contributed by atoms with E-state index in [2.05, 4.69) is 17.6 Å². The van der Waals surface area contributed by atoms with Crippen LogP contribution in [0, 0.1) is 0 Å². The van der Waals surface area contributed by atoms with Crippen LogP contribution in [0.4, 0.5) is 0 Å². The molecule has 1 aromatic carbocycles. The molecule has 3 nitrogen and oxygen atoms in total. The van der Waals surface area contributed by atoms with Gasteiger partial charge in [-0.1, -0.05) is 18.2 Å². The Morgan fingerprint density at radius 1 is 1.28 bits per heavy atom. The molecular weight excluding hydrogens is 226 g/mol. The zero-order chi connectivity index (χ0) is 13.2. The Balaban J connectivity index is 1.91. The van der Waals surface area contributed by atoms with Crippen molar-refractivity contribution in [3.8, 4) is 0 Å². The highest BCUT2D eigenvalue weighted by Crippen LogP contribution is 2.22. The van der Waals surface area contributed by atoms with Gasteiger partial charge in [-0.3, -0.25) is 9.63 Å². The third-order valence-electron chi connectivity index (χ3n) is 3.00. The number of carbonyl (C=O) groups excluding carboxylic acids is 1. The van der Waals surface area contributed by atoms with Crippen molar-refractivity contribution in [2.75, 3.05) is 0 Å². The summed E-state index contributed by atoms with van der Waals surface area (Å²) in [5.41, 5.74) is 6.04. The van der Waals surface area contributed by atoms with Crippen LogP contribution >= 0.6 is 0 Å².